The summed E-state index contributed by atoms with van der Waals surface area (Å²) in [6.07, 6.45) is 2.11. The summed E-state index contributed by atoms with van der Waals surface area (Å²) < 4.78 is 4.78. The van der Waals surface area contributed by atoms with E-state index in [0.717, 1.165) is 0 Å². The lowest BCUT2D eigenvalue weighted by atomic mass is 9.99. The van der Waals surface area contributed by atoms with Gasteiger partial charge in [-0.2, -0.15) is 4.98 Å². The third-order valence-corrected chi connectivity index (χ3v) is 2.45. The molecule has 1 heterocycles. The summed E-state index contributed by atoms with van der Waals surface area (Å²) in [4.78, 5) is 25.9. The molecule has 0 aliphatic carbocycles. The van der Waals surface area contributed by atoms with Gasteiger partial charge in [0, 0.05) is 24.9 Å². The van der Waals surface area contributed by atoms with E-state index in [-0.39, 0.29) is 12.5 Å². The van der Waals surface area contributed by atoms with E-state index in [0.29, 0.717) is 25.3 Å². The second-order valence-corrected chi connectivity index (χ2v) is 4.74. The van der Waals surface area contributed by atoms with Crippen molar-refractivity contribution in [3.8, 4) is 0 Å². The van der Waals surface area contributed by atoms with Gasteiger partial charge in [0.15, 0.2) is 6.33 Å². The smallest absolute Gasteiger partial charge is 0.315 e. The molecule has 0 saturated heterocycles. The van der Waals surface area contributed by atoms with E-state index in [1.807, 2.05) is 0 Å². The number of hydrogen-bond acceptors (Lipinski definition) is 5. The molecule has 1 rings (SSSR count). The fraction of sp³-hybridized carbons (Fsp3) is 0.636. The first-order chi connectivity index (χ1) is 8.89. The molecular weight excluding hydrogens is 252 g/mol. The number of carbonyl (C=O) groups excluding carboxylic acids is 1. The number of amides is 2. The summed E-state index contributed by atoms with van der Waals surface area (Å²) in [6, 6.07) is -0.352. The van der Waals surface area contributed by atoms with Gasteiger partial charge < -0.3 is 20.3 Å². The molecule has 0 saturated carbocycles. The normalized spacial score (nSPS) is 11.1. The Balaban J connectivity index is 2.24. The number of hydrogen-bond donors (Lipinski definition) is 3. The summed E-state index contributed by atoms with van der Waals surface area (Å²) in [5.41, 5.74) is -0.576. The van der Waals surface area contributed by atoms with Crippen molar-refractivity contribution in [3.63, 3.8) is 0 Å². The standard InChI is InChI=1S/C11H18N4O4/c1-11(2,5-3-9(16)17)15-10(18)12-6-4-8-13-7-14-19-8/h7H,3-6H2,1-2H3,(H,16,17)(H2,12,15,18). The van der Waals surface area contributed by atoms with Crippen LogP contribution in [-0.2, 0) is 11.2 Å². The van der Waals surface area contributed by atoms with Crippen molar-refractivity contribution in [3.05, 3.63) is 12.2 Å². The molecule has 8 heteroatoms. The molecule has 0 aliphatic rings. The second kappa shape index (κ2) is 6.72. The number of carbonyl (C=O) groups is 2. The van der Waals surface area contributed by atoms with Gasteiger partial charge in [-0.25, -0.2) is 4.79 Å². The third-order valence-electron chi connectivity index (χ3n) is 2.45. The quantitative estimate of drug-likeness (QED) is 0.666. The number of rotatable bonds is 7. The molecule has 0 radical (unpaired) electrons. The molecule has 1 aromatic heterocycles. The Morgan fingerprint density at radius 1 is 1.47 bits per heavy atom. The van der Waals surface area contributed by atoms with Crippen LogP contribution in [0.15, 0.2) is 10.9 Å². The summed E-state index contributed by atoms with van der Waals surface area (Å²) in [7, 11) is 0. The highest BCUT2D eigenvalue weighted by Crippen LogP contribution is 2.10. The van der Waals surface area contributed by atoms with Crippen molar-refractivity contribution < 1.29 is 19.2 Å². The van der Waals surface area contributed by atoms with Crippen LogP contribution in [-0.4, -0.2) is 39.3 Å². The van der Waals surface area contributed by atoms with Crippen molar-refractivity contribution in [2.45, 2.75) is 38.6 Å². The Labute approximate surface area is 110 Å². The van der Waals surface area contributed by atoms with E-state index in [9.17, 15) is 9.59 Å². The highest BCUT2D eigenvalue weighted by atomic mass is 16.5. The van der Waals surface area contributed by atoms with Crippen molar-refractivity contribution in [2.75, 3.05) is 6.54 Å². The van der Waals surface area contributed by atoms with Crippen molar-refractivity contribution in [2.24, 2.45) is 0 Å². The number of nitrogens with one attached hydrogen (secondary N) is 2. The topological polar surface area (TPSA) is 117 Å². The lowest BCUT2D eigenvalue weighted by Crippen LogP contribution is -2.48. The maximum atomic E-state index is 11.6. The van der Waals surface area contributed by atoms with Crippen molar-refractivity contribution in [1.82, 2.24) is 20.8 Å². The van der Waals surface area contributed by atoms with Crippen LogP contribution in [0.2, 0.25) is 0 Å². The number of carboxylic acid groups (broad SMARTS) is 1. The zero-order chi connectivity index (χ0) is 14.3. The van der Waals surface area contributed by atoms with Gasteiger partial charge in [-0.05, 0) is 20.3 Å². The molecule has 19 heavy (non-hydrogen) atoms. The van der Waals surface area contributed by atoms with E-state index in [1.165, 1.54) is 6.33 Å². The monoisotopic (exact) mass is 270 g/mol. The zero-order valence-electron chi connectivity index (χ0n) is 11.0. The summed E-state index contributed by atoms with van der Waals surface area (Å²) in [5, 5.41) is 17.4. The van der Waals surface area contributed by atoms with Gasteiger partial charge >= 0.3 is 12.0 Å². The molecular formula is C11H18N4O4. The second-order valence-electron chi connectivity index (χ2n) is 4.74. The first-order valence-corrected chi connectivity index (χ1v) is 5.92. The lowest BCUT2D eigenvalue weighted by molar-refractivity contribution is -0.137. The van der Waals surface area contributed by atoms with Crippen LogP contribution in [0.5, 0.6) is 0 Å². The van der Waals surface area contributed by atoms with Crippen LogP contribution < -0.4 is 10.6 Å². The van der Waals surface area contributed by atoms with Crippen molar-refractivity contribution in [1.29, 1.82) is 0 Å². The fourth-order valence-electron chi connectivity index (χ4n) is 1.42. The summed E-state index contributed by atoms with van der Waals surface area (Å²) in [5.74, 6) is -0.433. The molecule has 0 spiro atoms. The summed E-state index contributed by atoms with van der Waals surface area (Å²) >= 11 is 0. The Morgan fingerprint density at radius 3 is 2.79 bits per heavy atom. The zero-order valence-corrected chi connectivity index (χ0v) is 11.0. The van der Waals surface area contributed by atoms with Crippen LogP contribution in [0, 0.1) is 0 Å². The van der Waals surface area contributed by atoms with Crippen LogP contribution in [0.1, 0.15) is 32.6 Å². The van der Waals surface area contributed by atoms with Crippen LogP contribution in [0.25, 0.3) is 0 Å². The predicted octanol–water partition coefficient (Wildman–Crippen LogP) is 0.555. The molecule has 2 amide bonds. The Kier molecular flexibility index (Phi) is 5.28. The first kappa shape index (κ1) is 14.9. The number of carboxylic acids is 1. The average Bonchev–Trinajstić information content (AvgIpc) is 2.79. The van der Waals surface area contributed by atoms with E-state index in [1.54, 1.807) is 13.8 Å². The minimum absolute atomic E-state index is 0.00919. The van der Waals surface area contributed by atoms with Gasteiger partial charge in [-0.15, -0.1) is 0 Å². The van der Waals surface area contributed by atoms with E-state index in [4.69, 9.17) is 9.63 Å². The first-order valence-electron chi connectivity index (χ1n) is 5.92. The van der Waals surface area contributed by atoms with Crippen LogP contribution in [0.4, 0.5) is 4.79 Å². The van der Waals surface area contributed by atoms with Crippen molar-refractivity contribution >= 4 is 12.0 Å². The maximum absolute atomic E-state index is 11.6. The van der Waals surface area contributed by atoms with E-state index < -0.39 is 11.5 Å². The molecule has 3 N–H and O–H groups in total. The van der Waals surface area contributed by atoms with Gasteiger partial charge in [0.25, 0.3) is 0 Å². The maximum Gasteiger partial charge on any atom is 0.315 e. The highest BCUT2D eigenvalue weighted by Gasteiger charge is 2.21. The molecule has 0 fully saturated rings. The average molecular weight is 270 g/mol. The van der Waals surface area contributed by atoms with Gasteiger partial charge in [-0.1, -0.05) is 5.16 Å². The van der Waals surface area contributed by atoms with Gasteiger partial charge in [0.05, 0.1) is 0 Å². The highest BCUT2D eigenvalue weighted by molar-refractivity contribution is 5.74. The fourth-order valence-corrected chi connectivity index (χ4v) is 1.42. The van der Waals surface area contributed by atoms with Gasteiger partial charge in [0.2, 0.25) is 5.89 Å². The largest absolute Gasteiger partial charge is 0.481 e. The third kappa shape index (κ3) is 6.39. The van der Waals surface area contributed by atoms with Crippen LogP contribution >= 0.6 is 0 Å². The Morgan fingerprint density at radius 2 is 2.21 bits per heavy atom. The van der Waals surface area contributed by atoms with E-state index in [2.05, 4.69) is 20.8 Å². The SMILES string of the molecule is CC(C)(CCC(=O)O)NC(=O)NCCc1ncno1. The molecule has 0 unspecified atom stereocenters. The molecule has 8 nitrogen and oxygen atoms in total. The minimum Gasteiger partial charge on any atom is -0.481 e. The van der Waals surface area contributed by atoms with Crippen LogP contribution in [0.3, 0.4) is 0 Å². The van der Waals surface area contributed by atoms with E-state index >= 15 is 0 Å². The molecule has 1 aromatic rings. The number of aromatic nitrogens is 2. The Bertz CT molecular complexity index is 416. The Hall–Kier alpha value is -2.12. The molecule has 0 aliphatic heterocycles. The van der Waals surface area contributed by atoms with Gasteiger partial charge in [0.1, 0.15) is 0 Å². The molecule has 0 bridgehead atoms. The lowest BCUT2D eigenvalue weighted by Gasteiger charge is -2.25. The minimum atomic E-state index is -0.883. The number of urea groups is 1. The molecule has 0 aromatic carbocycles. The van der Waals surface area contributed by atoms with Gasteiger partial charge in [-0.3, -0.25) is 4.79 Å². The number of aliphatic carboxylic acids is 1. The summed E-state index contributed by atoms with van der Waals surface area (Å²) in [6.45, 7) is 3.91. The predicted molar refractivity (Wildman–Crippen MR) is 65.5 cm³/mol. The number of nitrogens with zero attached hydrogens (tertiary/aromatic N) is 2. The molecule has 106 valence electrons. The molecule has 0 atom stereocenters.